The maximum absolute atomic E-state index is 13.3. The molecule has 0 amide bonds. The van der Waals surface area contributed by atoms with E-state index in [9.17, 15) is 18.0 Å². The van der Waals surface area contributed by atoms with Crippen molar-refractivity contribution < 1.29 is 13.2 Å². The number of pyridine rings is 1. The first-order chi connectivity index (χ1) is 14.9. The van der Waals surface area contributed by atoms with Crippen molar-refractivity contribution in [1.82, 2.24) is 29.5 Å². The van der Waals surface area contributed by atoms with Crippen LogP contribution in [0, 0.1) is 0 Å². The molecule has 0 spiro atoms. The van der Waals surface area contributed by atoms with Crippen LogP contribution in [0.15, 0.2) is 66.1 Å². The van der Waals surface area contributed by atoms with Crippen molar-refractivity contribution in [2.45, 2.75) is 19.3 Å². The zero-order valence-corrected chi connectivity index (χ0v) is 16.0. The number of aromatic amines is 1. The Morgan fingerprint density at radius 2 is 1.90 bits per heavy atom. The number of halogens is 3. The van der Waals surface area contributed by atoms with Crippen LogP contribution in [0.5, 0.6) is 0 Å². The Hall–Kier alpha value is -3.95. The fourth-order valence-electron chi connectivity index (χ4n) is 3.81. The van der Waals surface area contributed by atoms with Crippen molar-refractivity contribution in [2.75, 3.05) is 0 Å². The smallest absolute Gasteiger partial charge is 0.298 e. The molecule has 156 valence electrons. The number of hydrogen-bond acceptors (Lipinski definition) is 4. The summed E-state index contributed by atoms with van der Waals surface area (Å²) >= 11 is 0. The van der Waals surface area contributed by atoms with Gasteiger partial charge in [-0.1, -0.05) is 36.4 Å². The molecule has 0 unspecified atom stereocenters. The van der Waals surface area contributed by atoms with E-state index in [1.54, 1.807) is 23.1 Å². The highest BCUT2D eigenvalue weighted by molar-refractivity contribution is 6.04. The minimum atomic E-state index is -4.55. The Bertz CT molecular complexity index is 1450. The molecule has 0 fully saturated rings. The van der Waals surface area contributed by atoms with E-state index in [2.05, 4.69) is 20.3 Å². The molecule has 0 saturated carbocycles. The summed E-state index contributed by atoms with van der Waals surface area (Å²) in [7, 11) is 0. The molecule has 1 N–H and O–H groups in total. The van der Waals surface area contributed by atoms with Crippen molar-refractivity contribution in [3.8, 4) is 11.1 Å². The van der Waals surface area contributed by atoms with Gasteiger partial charge in [-0.2, -0.15) is 23.4 Å². The van der Waals surface area contributed by atoms with E-state index in [0.29, 0.717) is 23.0 Å². The summed E-state index contributed by atoms with van der Waals surface area (Å²) < 4.78 is 42.2. The monoisotopic (exact) mass is 424 g/mol. The molecule has 0 saturated heterocycles. The molecule has 0 aliphatic heterocycles. The predicted octanol–water partition coefficient (Wildman–Crippen LogP) is 3.75. The molecule has 3 heterocycles. The summed E-state index contributed by atoms with van der Waals surface area (Å²) in [4.78, 5) is 16.7. The van der Waals surface area contributed by atoms with E-state index in [0.717, 1.165) is 15.7 Å². The molecule has 0 bridgehead atoms. The normalized spacial score (nSPS) is 12.1. The van der Waals surface area contributed by atoms with Crippen LogP contribution in [-0.2, 0) is 13.1 Å². The first-order valence-electron chi connectivity index (χ1n) is 9.38. The fourth-order valence-corrected chi connectivity index (χ4v) is 3.81. The van der Waals surface area contributed by atoms with Gasteiger partial charge in [-0.15, -0.1) is 0 Å². The van der Waals surface area contributed by atoms with Gasteiger partial charge in [-0.05, 0) is 22.8 Å². The number of aromatic nitrogens is 6. The quantitative estimate of drug-likeness (QED) is 0.477. The molecule has 0 radical (unpaired) electrons. The average molecular weight is 424 g/mol. The van der Waals surface area contributed by atoms with Crippen LogP contribution in [0.4, 0.5) is 13.2 Å². The summed E-state index contributed by atoms with van der Waals surface area (Å²) in [6.45, 7) is -0.934. The summed E-state index contributed by atoms with van der Waals surface area (Å²) in [5.41, 5.74) is 2.31. The lowest BCUT2D eigenvalue weighted by atomic mass is 9.98. The summed E-state index contributed by atoms with van der Waals surface area (Å²) in [5.74, 6) is 0. The maximum atomic E-state index is 13.3. The Kier molecular flexibility index (Phi) is 4.35. The van der Waals surface area contributed by atoms with E-state index in [-0.39, 0.29) is 10.9 Å². The lowest BCUT2D eigenvalue weighted by Crippen LogP contribution is -2.28. The molecule has 5 rings (SSSR count). The second kappa shape index (κ2) is 7.08. The van der Waals surface area contributed by atoms with Gasteiger partial charge in [0.05, 0.1) is 29.2 Å². The van der Waals surface area contributed by atoms with Gasteiger partial charge < -0.3 is 0 Å². The SMILES string of the molecule is O=c1c2cn[nH]c2c2ccc(-c3ccccc3Cn3cncn3)cc2n1CC(F)(F)F. The van der Waals surface area contributed by atoms with Gasteiger partial charge >= 0.3 is 6.18 Å². The fraction of sp³-hybridized carbons (Fsp3) is 0.143. The Labute approximate surface area is 172 Å². The van der Waals surface area contributed by atoms with Crippen molar-refractivity contribution in [3.05, 3.63) is 77.2 Å². The molecule has 0 aliphatic rings. The van der Waals surface area contributed by atoms with Crippen molar-refractivity contribution >= 4 is 21.8 Å². The highest BCUT2D eigenvalue weighted by atomic mass is 19.4. The number of benzene rings is 2. The van der Waals surface area contributed by atoms with Crippen LogP contribution in [0.1, 0.15) is 5.56 Å². The van der Waals surface area contributed by atoms with Crippen LogP contribution >= 0.6 is 0 Å². The Balaban J connectivity index is 1.73. The number of H-pyrrole nitrogens is 1. The molecule has 0 atom stereocenters. The Morgan fingerprint density at radius 3 is 2.68 bits per heavy atom. The summed E-state index contributed by atoms with van der Waals surface area (Å²) in [5, 5.41) is 11.3. The number of nitrogens with zero attached hydrogens (tertiary/aromatic N) is 5. The van der Waals surface area contributed by atoms with E-state index < -0.39 is 18.3 Å². The largest absolute Gasteiger partial charge is 0.406 e. The van der Waals surface area contributed by atoms with Crippen LogP contribution in [0.2, 0.25) is 0 Å². The standard InChI is InChI=1S/C21H15F3N6O/c22-21(23,24)10-30-18-7-13(5-6-16(18)19-17(20(30)31)8-26-28-19)15-4-2-1-3-14(15)9-29-12-25-11-27-29/h1-8,11-12H,9-10H2,(H,26,28). The number of fused-ring (bicyclic) bond motifs is 3. The van der Waals surface area contributed by atoms with Gasteiger partial charge in [-0.25, -0.2) is 9.67 Å². The zero-order chi connectivity index (χ0) is 21.6. The molecule has 0 aliphatic carbocycles. The van der Waals surface area contributed by atoms with Gasteiger partial charge in [0.25, 0.3) is 5.56 Å². The van der Waals surface area contributed by atoms with E-state index >= 15 is 0 Å². The van der Waals surface area contributed by atoms with E-state index in [4.69, 9.17) is 0 Å². The Morgan fingerprint density at radius 1 is 1.06 bits per heavy atom. The maximum Gasteiger partial charge on any atom is 0.406 e. The second-order valence-electron chi connectivity index (χ2n) is 7.15. The van der Waals surface area contributed by atoms with Gasteiger partial charge in [0.15, 0.2) is 0 Å². The van der Waals surface area contributed by atoms with Gasteiger partial charge in [0, 0.05) is 5.39 Å². The molecule has 2 aromatic carbocycles. The number of alkyl halides is 3. The van der Waals surface area contributed by atoms with Crippen LogP contribution in [-0.4, -0.2) is 35.7 Å². The van der Waals surface area contributed by atoms with Crippen LogP contribution in [0.25, 0.3) is 32.9 Å². The van der Waals surface area contributed by atoms with E-state index in [1.165, 1.54) is 12.5 Å². The van der Waals surface area contributed by atoms with Gasteiger partial charge in [-0.3, -0.25) is 14.5 Å². The highest BCUT2D eigenvalue weighted by Crippen LogP contribution is 2.31. The molecular weight excluding hydrogens is 409 g/mol. The molecule has 31 heavy (non-hydrogen) atoms. The minimum Gasteiger partial charge on any atom is -0.298 e. The molecule has 3 aromatic heterocycles. The molecule has 10 heteroatoms. The first kappa shape index (κ1) is 19.0. The number of hydrogen-bond donors (Lipinski definition) is 1. The summed E-state index contributed by atoms with van der Waals surface area (Å²) in [6.07, 6.45) is -0.266. The molecule has 7 nitrogen and oxygen atoms in total. The first-order valence-corrected chi connectivity index (χ1v) is 9.38. The number of rotatable bonds is 4. The van der Waals surface area contributed by atoms with Crippen LogP contribution in [0.3, 0.4) is 0 Å². The lowest BCUT2D eigenvalue weighted by molar-refractivity contribution is -0.140. The third-order valence-electron chi connectivity index (χ3n) is 5.14. The van der Waals surface area contributed by atoms with E-state index in [1.807, 2.05) is 30.3 Å². The van der Waals surface area contributed by atoms with Gasteiger partial charge in [0.1, 0.15) is 19.2 Å². The van der Waals surface area contributed by atoms with Crippen LogP contribution < -0.4 is 5.56 Å². The summed E-state index contributed by atoms with van der Waals surface area (Å²) in [6, 6.07) is 12.7. The van der Waals surface area contributed by atoms with Gasteiger partial charge in [0.2, 0.25) is 0 Å². The third-order valence-corrected chi connectivity index (χ3v) is 5.14. The molecule has 5 aromatic rings. The number of nitrogens with one attached hydrogen (secondary N) is 1. The lowest BCUT2D eigenvalue weighted by Gasteiger charge is -2.15. The second-order valence-corrected chi connectivity index (χ2v) is 7.15. The van der Waals surface area contributed by atoms with Crippen molar-refractivity contribution in [3.63, 3.8) is 0 Å². The van der Waals surface area contributed by atoms with Crippen molar-refractivity contribution in [1.29, 1.82) is 0 Å². The average Bonchev–Trinajstić information content (AvgIpc) is 3.43. The highest BCUT2D eigenvalue weighted by Gasteiger charge is 2.30. The zero-order valence-electron chi connectivity index (χ0n) is 16.0. The molecular formula is C21H15F3N6O. The minimum absolute atomic E-state index is 0.121. The van der Waals surface area contributed by atoms with Crippen molar-refractivity contribution in [2.24, 2.45) is 0 Å². The third kappa shape index (κ3) is 3.45. The predicted molar refractivity (Wildman–Crippen MR) is 108 cm³/mol. The topological polar surface area (TPSA) is 81.4 Å².